The molecule has 37 heavy (non-hydrogen) atoms. The van der Waals surface area contributed by atoms with Crippen molar-refractivity contribution in [1.82, 2.24) is 10.2 Å². The molecule has 0 unspecified atom stereocenters. The number of carbonyl (C=O) groups is 2. The van der Waals surface area contributed by atoms with Crippen LogP contribution in [-0.2, 0) is 26.2 Å². The van der Waals surface area contributed by atoms with Crippen LogP contribution in [0.1, 0.15) is 31.9 Å². The second-order valence-electron chi connectivity index (χ2n) is 9.48. The summed E-state index contributed by atoms with van der Waals surface area (Å²) in [5, 5.41) is 2.89. The molecule has 0 aromatic heterocycles. The number of anilines is 1. The lowest BCUT2D eigenvalue weighted by Gasteiger charge is -2.32. The summed E-state index contributed by atoms with van der Waals surface area (Å²) in [6.07, 6.45) is 0. The topological polar surface area (TPSA) is 86.8 Å². The molecule has 0 aliphatic carbocycles. The van der Waals surface area contributed by atoms with E-state index >= 15 is 0 Å². The van der Waals surface area contributed by atoms with Crippen LogP contribution in [0, 0.1) is 12.8 Å². The predicted molar refractivity (Wildman–Crippen MR) is 146 cm³/mol. The van der Waals surface area contributed by atoms with Gasteiger partial charge in [0.1, 0.15) is 12.6 Å². The Bertz CT molecular complexity index is 1280. The molecule has 0 fully saturated rings. The molecule has 0 heterocycles. The maximum Gasteiger partial charge on any atom is 0.264 e. The summed E-state index contributed by atoms with van der Waals surface area (Å²) in [7, 11) is -4.05. The molecule has 1 N–H and O–H groups in total. The fourth-order valence-electron chi connectivity index (χ4n) is 3.77. The summed E-state index contributed by atoms with van der Waals surface area (Å²) in [6.45, 7) is 7.76. The summed E-state index contributed by atoms with van der Waals surface area (Å²) in [5.41, 5.74) is 2.18. The van der Waals surface area contributed by atoms with Crippen LogP contribution in [0.25, 0.3) is 0 Å². The molecule has 3 aromatic carbocycles. The van der Waals surface area contributed by atoms with Crippen LogP contribution in [0.4, 0.5) is 5.69 Å². The first-order valence-corrected chi connectivity index (χ1v) is 13.8. The van der Waals surface area contributed by atoms with Crippen LogP contribution in [0.2, 0.25) is 0 Å². The molecular formula is C29H35N3O4S. The molecule has 2 amide bonds. The van der Waals surface area contributed by atoms with E-state index in [4.69, 9.17) is 0 Å². The molecule has 0 aliphatic heterocycles. The fraction of sp³-hybridized carbons (Fsp3) is 0.310. The zero-order valence-corrected chi connectivity index (χ0v) is 22.6. The van der Waals surface area contributed by atoms with E-state index in [1.165, 1.54) is 17.0 Å². The Balaban J connectivity index is 1.97. The summed E-state index contributed by atoms with van der Waals surface area (Å²) in [6, 6.07) is 23.5. The molecule has 3 rings (SSSR count). The van der Waals surface area contributed by atoms with Gasteiger partial charge in [0.05, 0.1) is 10.6 Å². The number of amides is 2. The number of hydrogen-bond acceptors (Lipinski definition) is 4. The van der Waals surface area contributed by atoms with E-state index in [9.17, 15) is 18.0 Å². The maximum atomic E-state index is 13.8. The van der Waals surface area contributed by atoms with E-state index in [1.54, 1.807) is 49.4 Å². The minimum Gasteiger partial charge on any atom is -0.354 e. The average Bonchev–Trinajstić information content (AvgIpc) is 2.90. The number of hydrogen-bond donors (Lipinski definition) is 1. The first kappa shape index (κ1) is 27.9. The Labute approximate surface area is 220 Å². The van der Waals surface area contributed by atoms with E-state index in [-0.39, 0.29) is 23.3 Å². The molecule has 0 radical (unpaired) electrons. The van der Waals surface area contributed by atoms with Crippen molar-refractivity contribution < 1.29 is 18.0 Å². The molecule has 0 saturated heterocycles. The highest BCUT2D eigenvalue weighted by atomic mass is 32.2. The molecule has 0 spiro atoms. The summed E-state index contributed by atoms with van der Waals surface area (Å²) in [4.78, 5) is 28.3. The van der Waals surface area contributed by atoms with Gasteiger partial charge in [-0.25, -0.2) is 8.42 Å². The smallest absolute Gasteiger partial charge is 0.264 e. The first-order chi connectivity index (χ1) is 17.6. The molecule has 196 valence electrons. The Hall–Kier alpha value is -3.65. The molecule has 3 aromatic rings. The number of nitrogens with zero attached hydrogens (tertiary/aromatic N) is 2. The van der Waals surface area contributed by atoms with Crippen molar-refractivity contribution in [2.45, 2.75) is 45.2 Å². The van der Waals surface area contributed by atoms with Gasteiger partial charge in [0.15, 0.2) is 0 Å². The van der Waals surface area contributed by atoms with Crippen molar-refractivity contribution in [3.63, 3.8) is 0 Å². The molecule has 7 nitrogen and oxygen atoms in total. The second kappa shape index (κ2) is 12.5. The minimum absolute atomic E-state index is 0.0840. The average molecular weight is 522 g/mol. The van der Waals surface area contributed by atoms with Gasteiger partial charge in [-0.1, -0.05) is 80.1 Å². The Morgan fingerprint density at radius 3 is 1.97 bits per heavy atom. The van der Waals surface area contributed by atoms with Crippen molar-refractivity contribution >= 4 is 27.5 Å². The zero-order valence-electron chi connectivity index (χ0n) is 21.8. The molecule has 0 aliphatic rings. The van der Waals surface area contributed by atoms with Crippen LogP contribution >= 0.6 is 0 Å². The molecular weight excluding hydrogens is 486 g/mol. The highest BCUT2D eigenvalue weighted by Crippen LogP contribution is 2.25. The van der Waals surface area contributed by atoms with E-state index < -0.39 is 28.5 Å². The molecule has 0 bridgehead atoms. The second-order valence-corrected chi connectivity index (χ2v) is 11.3. The highest BCUT2D eigenvalue weighted by Gasteiger charge is 2.32. The number of benzene rings is 3. The quantitative estimate of drug-likeness (QED) is 0.406. The Kier molecular flexibility index (Phi) is 9.47. The maximum absolute atomic E-state index is 13.8. The van der Waals surface area contributed by atoms with Crippen molar-refractivity contribution in [3.8, 4) is 0 Å². The van der Waals surface area contributed by atoms with E-state index in [1.807, 2.05) is 51.1 Å². The van der Waals surface area contributed by atoms with E-state index in [0.29, 0.717) is 12.2 Å². The molecule has 8 heteroatoms. The van der Waals surface area contributed by atoms with Gasteiger partial charge in [0, 0.05) is 13.1 Å². The van der Waals surface area contributed by atoms with Crippen LogP contribution < -0.4 is 9.62 Å². The van der Waals surface area contributed by atoms with Gasteiger partial charge >= 0.3 is 0 Å². The SMILES string of the molecule is Cc1ccc(N(CC(=O)N(Cc2ccccc2)[C@@H](C)C(=O)NCC(C)C)S(=O)(=O)c2ccccc2)cc1. The normalized spacial score (nSPS) is 12.1. The van der Waals surface area contributed by atoms with Gasteiger partial charge in [-0.05, 0) is 49.6 Å². The fourth-order valence-corrected chi connectivity index (χ4v) is 5.21. The third-order valence-corrected chi connectivity index (χ3v) is 7.77. The number of carbonyl (C=O) groups excluding carboxylic acids is 2. The lowest BCUT2D eigenvalue weighted by molar-refractivity contribution is -0.139. The largest absolute Gasteiger partial charge is 0.354 e. The highest BCUT2D eigenvalue weighted by molar-refractivity contribution is 7.92. The van der Waals surface area contributed by atoms with Crippen molar-refractivity contribution in [2.75, 3.05) is 17.4 Å². The number of nitrogens with one attached hydrogen (secondary N) is 1. The third kappa shape index (κ3) is 7.43. The van der Waals surface area contributed by atoms with Crippen LogP contribution in [0.5, 0.6) is 0 Å². The number of rotatable bonds is 11. The van der Waals surface area contributed by atoms with Gasteiger partial charge in [-0.3, -0.25) is 13.9 Å². The standard InChI is InChI=1S/C29H35N3O4S/c1-22(2)19-30-29(34)24(4)31(20-25-11-7-5-8-12-25)28(33)21-32(26-17-15-23(3)16-18-26)37(35,36)27-13-9-6-10-14-27/h5-18,22,24H,19-21H2,1-4H3,(H,30,34)/t24-/m0/s1. The Morgan fingerprint density at radius 2 is 1.41 bits per heavy atom. The zero-order chi connectivity index (χ0) is 27.0. The molecule has 0 saturated carbocycles. The van der Waals surface area contributed by atoms with Crippen LogP contribution in [0.3, 0.4) is 0 Å². The lowest BCUT2D eigenvalue weighted by Crippen LogP contribution is -2.51. The summed E-state index contributed by atoms with van der Waals surface area (Å²) in [5.74, 6) is -0.510. The number of sulfonamides is 1. The van der Waals surface area contributed by atoms with Crippen molar-refractivity contribution in [3.05, 3.63) is 96.1 Å². The summed E-state index contributed by atoms with van der Waals surface area (Å²) < 4.78 is 28.5. The van der Waals surface area contributed by atoms with E-state index in [2.05, 4.69) is 5.32 Å². The molecule has 1 atom stereocenters. The minimum atomic E-state index is -4.05. The monoisotopic (exact) mass is 521 g/mol. The van der Waals surface area contributed by atoms with Gasteiger partial charge in [-0.2, -0.15) is 0 Å². The Morgan fingerprint density at radius 1 is 0.838 bits per heavy atom. The van der Waals surface area contributed by atoms with Gasteiger partial charge < -0.3 is 10.2 Å². The lowest BCUT2D eigenvalue weighted by atomic mass is 10.1. The van der Waals surface area contributed by atoms with E-state index in [0.717, 1.165) is 15.4 Å². The predicted octanol–water partition coefficient (Wildman–Crippen LogP) is 4.38. The third-order valence-electron chi connectivity index (χ3n) is 5.98. The van der Waals surface area contributed by atoms with Crippen molar-refractivity contribution in [1.29, 1.82) is 0 Å². The van der Waals surface area contributed by atoms with Gasteiger partial charge in [-0.15, -0.1) is 0 Å². The van der Waals surface area contributed by atoms with Crippen molar-refractivity contribution in [2.24, 2.45) is 5.92 Å². The summed E-state index contributed by atoms with van der Waals surface area (Å²) >= 11 is 0. The van der Waals surface area contributed by atoms with Crippen LogP contribution in [0.15, 0.2) is 89.8 Å². The van der Waals surface area contributed by atoms with Gasteiger partial charge in [0.25, 0.3) is 10.0 Å². The van der Waals surface area contributed by atoms with Crippen LogP contribution in [-0.4, -0.2) is 44.3 Å². The first-order valence-electron chi connectivity index (χ1n) is 12.3. The van der Waals surface area contributed by atoms with Gasteiger partial charge in [0.2, 0.25) is 11.8 Å². The number of aryl methyl sites for hydroxylation is 1.